The van der Waals surface area contributed by atoms with Crippen molar-refractivity contribution >= 4 is 23.4 Å². The number of aromatic nitrogens is 3. The maximum Gasteiger partial charge on any atom is 0.269 e. The van der Waals surface area contributed by atoms with E-state index in [1.54, 1.807) is 12.1 Å². The number of β-lactam (4-membered cyclic amide) rings is 1. The minimum absolute atomic E-state index is 0.0330. The highest BCUT2D eigenvalue weighted by Gasteiger charge is 2.71. The van der Waals surface area contributed by atoms with Crippen LogP contribution in [0.25, 0.3) is 11.4 Å². The van der Waals surface area contributed by atoms with Crippen LogP contribution in [0.1, 0.15) is 35.0 Å². The van der Waals surface area contributed by atoms with Crippen LogP contribution in [0.3, 0.4) is 0 Å². The molecule has 2 aromatic rings. The van der Waals surface area contributed by atoms with E-state index in [9.17, 15) is 9.59 Å². The average Bonchev–Trinajstić information content (AvgIpc) is 3.18. The highest BCUT2D eigenvalue weighted by Crippen LogP contribution is 2.60. The number of carbonyl (C=O) groups is 2. The first-order valence-electron chi connectivity index (χ1n) is 9.76. The molecule has 30 heavy (non-hydrogen) atoms. The van der Waals surface area contributed by atoms with Crippen LogP contribution in [-0.2, 0) is 9.53 Å². The Bertz CT molecular complexity index is 1080. The van der Waals surface area contributed by atoms with E-state index < -0.39 is 0 Å². The molecule has 4 aliphatic heterocycles. The number of hydrogen-bond donors (Lipinski definition) is 1. The molecule has 4 bridgehead atoms. The van der Waals surface area contributed by atoms with E-state index in [1.807, 2.05) is 17.0 Å². The lowest BCUT2D eigenvalue weighted by atomic mass is 9.71. The molecule has 1 unspecified atom stereocenters. The molecule has 0 spiro atoms. The Morgan fingerprint density at radius 3 is 3.00 bits per heavy atom. The predicted octanol–water partition coefficient (Wildman–Crippen LogP) is 2.17. The SMILES string of the molecule is C=CCC12C[C@@H]3[C@@H](c4cc(Cl)nc(-c5cc(C(=O)NC)ncn5)c4)OC[C@H]1N3C2=O. The van der Waals surface area contributed by atoms with Crippen molar-refractivity contribution in [3.63, 3.8) is 0 Å². The summed E-state index contributed by atoms with van der Waals surface area (Å²) < 4.78 is 6.19. The summed E-state index contributed by atoms with van der Waals surface area (Å²) in [6.45, 7) is 4.31. The highest BCUT2D eigenvalue weighted by atomic mass is 35.5. The fraction of sp³-hybridized carbons (Fsp3) is 0.381. The average molecular weight is 426 g/mol. The van der Waals surface area contributed by atoms with Crippen LogP contribution < -0.4 is 5.32 Å². The summed E-state index contributed by atoms with van der Waals surface area (Å²) in [5.41, 5.74) is 1.71. The van der Waals surface area contributed by atoms with Gasteiger partial charge < -0.3 is 15.0 Å². The number of nitrogens with zero attached hydrogens (tertiary/aromatic N) is 4. The molecule has 0 saturated carbocycles. The zero-order chi connectivity index (χ0) is 21.0. The summed E-state index contributed by atoms with van der Waals surface area (Å²) in [7, 11) is 1.54. The third kappa shape index (κ3) is 2.60. The van der Waals surface area contributed by atoms with E-state index in [0.29, 0.717) is 29.6 Å². The second-order valence-corrected chi connectivity index (χ2v) is 8.27. The number of halogens is 1. The van der Waals surface area contributed by atoms with Gasteiger partial charge in [-0.1, -0.05) is 17.7 Å². The van der Waals surface area contributed by atoms with Gasteiger partial charge in [-0.15, -0.1) is 6.58 Å². The molecule has 4 aliphatic rings. The summed E-state index contributed by atoms with van der Waals surface area (Å²) >= 11 is 6.32. The molecule has 4 atom stereocenters. The van der Waals surface area contributed by atoms with Crippen LogP contribution in [0.15, 0.2) is 37.2 Å². The number of morpholine rings is 1. The molecule has 154 valence electrons. The molecule has 2 aromatic heterocycles. The zero-order valence-electron chi connectivity index (χ0n) is 16.3. The minimum atomic E-state index is -0.365. The third-order valence-electron chi connectivity index (χ3n) is 6.39. The van der Waals surface area contributed by atoms with Crippen molar-refractivity contribution in [2.24, 2.45) is 5.41 Å². The van der Waals surface area contributed by atoms with Crippen LogP contribution in [0, 0.1) is 5.41 Å². The number of amides is 2. The first kappa shape index (κ1) is 19.1. The van der Waals surface area contributed by atoms with E-state index in [1.165, 1.54) is 13.4 Å². The minimum Gasteiger partial charge on any atom is -0.369 e. The fourth-order valence-electron chi connectivity index (χ4n) is 5.06. The first-order valence-corrected chi connectivity index (χ1v) is 10.1. The summed E-state index contributed by atoms with van der Waals surface area (Å²) in [5.74, 6) is -0.121. The molecule has 8 nitrogen and oxygen atoms in total. The lowest BCUT2D eigenvalue weighted by molar-refractivity contribution is -0.180. The Kier molecular flexibility index (Phi) is 4.37. The quantitative estimate of drug-likeness (QED) is 0.448. The molecular weight excluding hydrogens is 406 g/mol. The van der Waals surface area contributed by atoms with Gasteiger partial charge in [-0.2, -0.15) is 0 Å². The van der Waals surface area contributed by atoms with E-state index in [0.717, 1.165) is 12.0 Å². The van der Waals surface area contributed by atoms with Crippen molar-refractivity contribution in [2.75, 3.05) is 13.7 Å². The second kappa shape index (κ2) is 6.85. The van der Waals surface area contributed by atoms with Crippen LogP contribution in [0.4, 0.5) is 0 Å². The number of nitrogens with one attached hydrogen (secondary N) is 1. The van der Waals surface area contributed by atoms with Crippen molar-refractivity contribution in [2.45, 2.75) is 31.0 Å². The van der Waals surface area contributed by atoms with Gasteiger partial charge >= 0.3 is 0 Å². The number of hydrogen-bond acceptors (Lipinski definition) is 6. The number of allylic oxidation sites excluding steroid dienone is 1. The predicted molar refractivity (Wildman–Crippen MR) is 109 cm³/mol. The van der Waals surface area contributed by atoms with Gasteiger partial charge in [-0.3, -0.25) is 9.59 Å². The first-order chi connectivity index (χ1) is 14.5. The van der Waals surface area contributed by atoms with E-state index in [2.05, 4.69) is 26.8 Å². The van der Waals surface area contributed by atoms with E-state index >= 15 is 0 Å². The van der Waals surface area contributed by atoms with Gasteiger partial charge in [0, 0.05) is 7.05 Å². The lowest BCUT2D eigenvalue weighted by Crippen LogP contribution is -2.66. The molecular formula is C21H20ClN5O3. The molecule has 9 heteroatoms. The van der Waals surface area contributed by atoms with Crippen molar-refractivity contribution in [3.8, 4) is 11.4 Å². The maximum absolute atomic E-state index is 12.7. The normalized spacial score (nSPS) is 28.8. The van der Waals surface area contributed by atoms with Crippen LogP contribution >= 0.6 is 11.6 Å². The van der Waals surface area contributed by atoms with Gasteiger partial charge in [-0.05, 0) is 36.6 Å². The molecule has 1 N–H and O–H groups in total. The van der Waals surface area contributed by atoms with Crippen molar-refractivity contribution in [3.05, 3.63) is 53.6 Å². The Balaban J connectivity index is 1.49. The topological polar surface area (TPSA) is 97.3 Å². The number of rotatable bonds is 5. The Morgan fingerprint density at radius 1 is 1.40 bits per heavy atom. The number of pyridine rings is 1. The van der Waals surface area contributed by atoms with Crippen LogP contribution in [-0.4, -0.2) is 57.4 Å². The summed E-state index contributed by atoms with van der Waals surface area (Å²) in [4.78, 5) is 39.2. The highest BCUT2D eigenvalue weighted by molar-refractivity contribution is 6.29. The van der Waals surface area contributed by atoms with Crippen molar-refractivity contribution < 1.29 is 14.3 Å². The van der Waals surface area contributed by atoms with E-state index in [-0.39, 0.29) is 41.1 Å². The Hall–Kier alpha value is -2.84. The number of carbonyl (C=O) groups excluding carboxylic acids is 2. The van der Waals surface area contributed by atoms with Gasteiger partial charge in [0.1, 0.15) is 23.3 Å². The van der Waals surface area contributed by atoms with Gasteiger partial charge in [0.25, 0.3) is 5.91 Å². The second-order valence-electron chi connectivity index (χ2n) is 7.88. The maximum atomic E-state index is 12.7. The fourth-order valence-corrected chi connectivity index (χ4v) is 5.28. The lowest BCUT2D eigenvalue weighted by Gasteiger charge is -2.51. The Morgan fingerprint density at radius 2 is 2.23 bits per heavy atom. The van der Waals surface area contributed by atoms with Crippen LogP contribution in [0.2, 0.25) is 5.15 Å². The van der Waals surface area contributed by atoms with Crippen molar-refractivity contribution in [1.82, 2.24) is 25.2 Å². The third-order valence-corrected chi connectivity index (χ3v) is 6.58. The largest absolute Gasteiger partial charge is 0.369 e. The standard InChI is InChI=1S/C21H20ClN5O3/c1-3-4-21-8-15-18(30-9-16(21)27(15)20(21)29)11-5-13(26-17(22)6-11)12-7-14(19(28)23-2)25-10-24-12/h3,5-7,10,15-16,18H,1,4,8-9H2,2H3,(H,23,28)/t15-,16-,18-,21?/m1/s1. The summed E-state index contributed by atoms with van der Waals surface area (Å²) in [6, 6.07) is 5.27. The molecule has 4 saturated heterocycles. The van der Waals surface area contributed by atoms with Crippen molar-refractivity contribution in [1.29, 1.82) is 0 Å². The molecule has 0 aliphatic carbocycles. The molecule has 0 aromatic carbocycles. The summed E-state index contributed by atoms with van der Waals surface area (Å²) in [6.07, 6.45) is 4.27. The van der Waals surface area contributed by atoms with E-state index in [4.69, 9.17) is 16.3 Å². The molecule has 4 fully saturated rings. The molecule has 6 rings (SSSR count). The van der Waals surface area contributed by atoms with Gasteiger partial charge in [0.05, 0.1) is 35.5 Å². The smallest absolute Gasteiger partial charge is 0.269 e. The van der Waals surface area contributed by atoms with Gasteiger partial charge in [-0.25, -0.2) is 15.0 Å². The van der Waals surface area contributed by atoms with Gasteiger partial charge in [0.2, 0.25) is 5.91 Å². The zero-order valence-corrected chi connectivity index (χ0v) is 17.1. The molecule has 6 heterocycles. The molecule has 0 radical (unpaired) electrons. The molecule has 2 amide bonds. The Labute approximate surface area is 178 Å². The van der Waals surface area contributed by atoms with Crippen LogP contribution in [0.5, 0.6) is 0 Å². The van der Waals surface area contributed by atoms with Gasteiger partial charge in [0.15, 0.2) is 0 Å². The monoisotopic (exact) mass is 425 g/mol. The summed E-state index contributed by atoms with van der Waals surface area (Å²) in [5, 5.41) is 2.83. The number of ether oxygens (including phenoxy) is 1.